The number of nitrogens with one attached hydrogen (secondary N) is 1. The number of carboxylic acids is 1. The van der Waals surface area contributed by atoms with E-state index in [4.69, 9.17) is 26.2 Å². The number of hydrogen-bond acceptors (Lipinski definition) is 6. The van der Waals surface area contributed by atoms with Crippen LogP contribution in [0.5, 0.6) is 0 Å². The van der Waals surface area contributed by atoms with E-state index in [0.29, 0.717) is 28.5 Å². The lowest BCUT2D eigenvalue weighted by Gasteiger charge is -2.51. The number of Topliss-reactive ketones (excluding diaryl/α,β-unsaturated/α-hetero) is 1. The number of quaternary nitrogens is 1. The van der Waals surface area contributed by atoms with E-state index < -0.39 is 18.2 Å². The summed E-state index contributed by atoms with van der Waals surface area (Å²) in [5.41, 5.74) is 2.39. The molecule has 11 heteroatoms. The minimum atomic E-state index is -5.19. The summed E-state index contributed by atoms with van der Waals surface area (Å²) in [6.45, 7) is 3.07. The van der Waals surface area contributed by atoms with Crippen LogP contribution in [0.3, 0.4) is 0 Å². The molecule has 1 unspecified atom stereocenters. The molecule has 3 aliphatic heterocycles. The molecule has 6 rings (SSSR count). The van der Waals surface area contributed by atoms with Crippen LogP contribution in [0.2, 0.25) is 5.02 Å². The maximum atomic E-state index is 13.5. The van der Waals surface area contributed by atoms with Crippen molar-refractivity contribution in [1.82, 2.24) is 0 Å². The van der Waals surface area contributed by atoms with Gasteiger partial charge in [-0.15, -0.1) is 0 Å². The minimum absolute atomic E-state index is 0.155. The van der Waals surface area contributed by atoms with Gasteiger partial charge in [-0.25, -0.2) is 4.79 Å². The number of carbonyl (C=O) groups excluding carboxylic acids is 3. The molecule has 0 aliphatic carbocycles. The number of hydrogen-bond donors (Lipinski definition) is 1. The smallest absolute Gasteiger partial charge is 0.430 e. The van der Waals surface area contributed by atoms with Gasteiger partial charge in [0.05, 0.1) is 13.1 Å². The molecule has 3 fully saturated rings. The summed E-state index contributed by atoms with van der Waals surface area (Å²) < 4.78 is 38.4. The van der Waals surface area contributed by atoms with Gasteiger partial charge in [-0.3, -0.25) is 4.79 Å². The van der Waals surface area contributed by atoms with E-state index in [0.717, 1.165) is 42.7 Å². The fraction of sp³-hybridized carbons (Fsp3) is 0.323. The van der Waals surface area contributed by atoms with E-state index in [1.807, 2.05) is 72.8 Å². The van der Waals surface area contributed by atoms with Gasteiger partial charge in [0, 0.05) is 35.0 Å². The second-order valence-corrected chi connectivity index (χ2v) is 10.9. The largest absolute Gasteiger partial charge is 0.542 e. The maximum Gasteiger partial charge on any atom is 0.430 e. The number of anilines is 1. The van der Waals surface area contributed by atoms with Crippen LogP contribution < -0.4 is 10.4 Å². The molecule has 7 nitrogen and oxygen atoms in total. The fourth-order valence-electron chi connectivity index (χ4n) is 5.45. The van der Waals surface area contributed by atoms with Gasteiger partial charge in [-0.05, 0) is 29.8 Å². The number of benzene rings is 3. The average Bonchev–Trinajstić information content (AvgIpc) is 2.98. The number of ether oxygens (including phenoxy) is 1. The Morgan fingerprint density at radius 3 is 2.02 bits per heavy atom. The van der Waals surface area contributed by atoms with Crippen molar-refractivity contribution in [3.63, 3.8) is 0 Å². The van der Waals surface area contributed by atoms with Crippen LogP contribution >= 0.6 is 11.6 Å². The molecule has 2 atom stereocenters. The topological polar surface area (TPSA) is 95.5 Å². The first-order chi connectivity index (χ1) is 20.0. The van der Waals surface area contributed by atoms with E-state index in [1.54, 1.807) is 12.1 Å². The number of carbonyl (C=O) groups is 3. The lowest BCUT2D eigenvalue weighted by atomic mass is 9.82. The number of nitrogens with zero attached hydrogens (tertiary/aromatic N) is 1. The molecule has 0 amide bonds. The number of ketones is 1. The first kappa shape index (κ1) is 31.1. The van der Waals surface area contributed by atoms with Gasteiger partial charge in [0.1, 0.15) is 19.1 Å². The molecule has 0 saturated carbocycles. The molecule has 42 heavy (non-hydrogen) atoms. The molecule has 0 spiro atoms. The molecule has 3 aromatic rings. The van der Waals surface area contributed by atoms with Crippen LogP contribution in [0.4, 0.5) is 18.9 Å². The van der Waals surface area contributed by atoms with E-state index in [9.17, 15) is 22.8 Å². The SMILES string of the molecule is O=C(C[N+]12CCC(CC1)[C@@H](OC(=O)C(Nc1ccc(Cl)cc1)c1ccccc1)C2)c1ccccc1.O=C([O-])C(F)(F)F. The zero-order chi connectivity index (χ0) is 30.3. The number of piperidine rings is 3. The second kappa shape index (κ2) is 13.4. The van der Waals surface area contributed by atoms with Crippen molar-refractivity contribution in [3.8, 4) is 0 Å². The number of rotatable bonds is 8. The summed E-state index contributed by atoms with van der Waals surface area (Å²) in [7, 11) is 0. The van der Waals surface area contributed by atoms with Crippen molar-refractivity contribution < 1.29 is 41.9 Å². The maximum absolute atomic E-state index is 13.5. The van der Waals surface area contributed by atoms with Crippen molar-refractivity contribution in [2.75, 3.05) is 31.5 Å². The predicted octanol–water partition coefficient (Wildman–Crippen LogP) is 4.83. The average molecular weight is 603 g/mol. The number of alkyl halides is 3. The van der Waals surface area contributed by atoms with Crippen molar-refractivity contribution in [1.29, 1.82) is 0 Å². The minimum Gasteiger partial charge on any atom is -0.542 e. The van der Waals surface area contributed by atoms with Crippen LogP contribution in [0.15, 0.2) is 84.9 Å². The molecular weight excluding hydrogens is 573 g/mol. The summed E-state index contributed by atoms with van der Waals surface area (Å²) in [6, 6.07) is 25.8. The Morgan fingerprint density at radius 2 is 1.48 bits per heavy atom. The van der Waals surface area contributed by atoms with Crippen LogP contribution in [-0.4, -0.2) is 60.7 Å². The Balaban J connectivity index is 0.000000517. The zero-order valence-corrected chi connectivity index (χ0v) is 23.3. The van der Waals surface area contributed by atoms with E-state index in [1.165, 1.54) is 0 Å². The number of carboxylic acid groups (broad SMARTS) is 1. The van der Waals surface area contributed by atoms with E-state index in [-0.39, 0.29) is 17.9 Å². The van der Waals surface area contributed by atoms with Gasteiger partial charge >= 0.3 is 12.1 Å². The normalized spacial score (nSPS) is 21.8. The van der Waals surface area contributed by atoms with Crippen molar-refractivity contribution >= 4 is 35.0 Å². The molecule has 1 N–H and O–H groups in total. The second-order valence-electron chi connectivity index (χ2n) is 10.5. The van der Waals surface area contributed by atoms with Crippen LogP contribution in [0, 0.1) is 5.92 Å². The molecular formula is C31H30ClF3N2O5. The molecule has 3 aromatic carbocycles. The Kier molecular flexibility index (Phi) is 9.90. The highest BCUT2D eigenvalue weighted by atomic mass is 35.5. The Hall–Kier alpha value is -3.89. The molecule has 2 bridgehead atoms. The van der Waals surface area contributed by atoms with Gasteiger partial charge < -0.3 is 24.4 Å². The van der Waals surface area contributed by atoms with E-state index in [2.05, 4.69) is 5.32 Å². The lowest BCUT2D eigenvalue weighted by Crippen LogP contribution is -2.65. The highest BCUT2D eigenvalue weighted by Crippen LogP contribution is 2.37. The third-order valence-corrected chi connectivity index (χ3v) is 7.89. The summed E-state index contributed by atoms with van der Waals surface area (Å²) in [5, 5.41) is 12.8. The van der Waals surface area contributed by atoms with E-state index >= 15 is 0 Å². The quantitative estimate of drug-likeness (QED) is 0.226. The molecule has 222 valence electrons. The molecule has 0 radical (unpaired) electrons. The lowest BCUT2D eigenvalue weighted by molar-refractivity contribution is -0.938. The standard InChI is InChI=1S/C29H30ClN2O3.C2HF3O2/c30-24-11-13-25(14-12-24)31-28(23-9-5-2-6-10-23)29(34)35-27-20-32(17-15-22(27)16-18-32)19-26(33)21-7-3-1-4-8-21;3-2(4,5)1(6)7/h1-14,22,27-28,31H,15-20H2;(H,6,7)/q+1;/p-1/t22?,27-,28?,32?;/m0./s1. The third-order valence-electron chi connectivity index (χ3n) is 7.64. The van der Waals surface area contributed by atoms with Crippen LogP contribution in [-0.2, 0) is 14.3 Å². The number of esters is 1. The zero-order valence-electron chi connectivity index (χ0n) is 22.6. The predicted molar refractivity (Wildman–Crippen MR) is 148 cm³/mol. The summed E-state index contributed by atoms with van der Waals surface area (Å²) in [6.07, 6.45) is -3.44. The Morgan fingerprint density at radius 1 is 0.929 bits per heavy atom. The molecule has 3 saturated heterocycles. The van der Waals surface area contributed by atoms with Gasteiger partial charge in [-0.1, -0.05) is 72.3 Å². The number of aliphatic carboxylic acids is 1. The van der Waals surface area contributed by atoms with Crippen molar-refractivity contribution in [3.05, 3.63) is 101 Å². The van der Waals surface area contributed by atoms with Gasteiger partial charge in [0.25, 0.3) is 0 Å². The molecule has 0 aromatic heterocycles. The highest BCUT2D eigenvalue weighted by Gasteiger charge is 2.49. The highest BCUT2D eigenvalue weighted by molar-refractivity contribution is 6.30. The summed E-state index contributed by atoms with van der Waals surface area (Å²) in [5.74, 6) is -2.80. The Labute approximate surface area is 246 Å². The first-order valence-corrected chi connectivity index (χ1v) is 13.8. The van der Waals surface area contributed by atoms with Gasteiger partial charge in [-0.2, -0.15) is 13.2 Å². The number of halogens is 4. The van der Waals surface area contributed by atoms with Crippen molar-refractivity contribution in [2.24, 2.45) is 5.92 Å². The van der Waals surface area contributed by atoms with Gasteiger partial charge in [0.15, 0.2) is 12.1 Å². The Bertz CT molecular complexity index is 1360. The van der Waals surface area contributed by atoms with Crippen LogP contribution in [0.25, 0.3) is 0 Å². The summed E-state index contributed by atoms with van der Waals surface area (Å²) in [4.78, 5) is 35.3. The number of fused-ring (bicyclic) bond motifs is 3. The van der Waals surface area contributed by atoms with Crippen molar-refractivity contribution in [2.45, 2.75) is 31.2 Å². The van der Waals surface area contributed by atoms with Gasteiger partial charge in [0.2, 0.25) is 5.78 Å². The molecule has 3 aliphatic rings. The summed E-state index contributed by atoms with van der Waals surface area (Å²) >= 11 is 6.04. The third kappa shape index (κ3) is 8.10. The monoisotopic (exact) mass is 602 g/mol. The van der Waals surface area contributed by atoms with Crippen LogP contribution in [0.1, 0.15) is 34.8 Å². The first-order valence-electron chi connectivity index (χ1n) is 13.4. The fourth-order valence-corrected chi connectivity index (χ4v) is 5.58. The molecule has 3 heterocycles.